The van der Waals surface area contributed by atoms with Crippen LogP contribution >= 0.6 is 0 Å². The molecule has 1 aromatic carbocycles. The lowest BCUT2D eigenvalue weighted by molar-refractivity contribution is 0.00162. The summed E-state index contributed by atoms with van der Waals surface area (Å²) in [6.07, 6.45) is 1.35. The summed E-state index contributed by atoms with van der Waals surface area (Å²) in [7, 11) is 0. The number of amides is 1. The molecule has 0 saturated heterocycles. The molecule has 2 aromatic heterocycles. The van der Waals surface area contributed by atoms with Crippen LogP contribution in [0, 0.1) is 6.92 Å². The van der Waals surface area contributed by atoms with Crippen LogP contribution in [0.15, 0.2) is 47.1 Å². The van der Waals surface area contributed by atoms with Crippen LogP contribution in [-0.4, -0.2) is 33.5 Å². The predicted octanol–water partition coefficient (Wildman–Crippen LogP) is 2.18. The number of nitrogens with one attached hydrogen (secondary N) is 1. The van der Waals surface area contributed by atoms with E-state index in [1.807, 2.05) is 41.9 Å². The zero-order chi connectivity index (χ0) is 17.2. The number of hydrogen-bond donors (Lipinski definition) is 1. The molecule has 0 spiro atoms. The summed E-state index contributed by atoms with van der Waals surface area (Å²) >= 11 is 0. The molecule has 0 bridgehead atoms. The second-order valence-corrected chi connectivity index (χ2v) is 6.01. The first-order valence-corrected chi connectivity index (χ1v) is 8.14. The Morgan fingerprint density at radius 2 is 2.16 bits per heavy atom. The lowest BCUT2D eigenvalue weighted by Crippen LogP contribution is -2.39. The topological polar surface area (TPSA) is 82.2 Å². The van der Waals surface area contributed by atoms with Gasteiger partial charge in [-0.25, -0.2) is 4.68 Å². The van der Waals surface area contributed by atoms with Gasteiger partial charge >= 0.3 is 0 Å². The van der Waals surface area contributed by atoms with Crippen molar-refractivity contribution in [3.05, 3.63) is 59.7 Å². The van der Waals surface area contributed by atoms with Gasteiger partial charge in [0.2, 0.25) is 0 Å². The third kappa shape index (κ3) is 3.06. The number of benzene rings is 1. The normalized spacial score (nSPS) is 16.4. The van der Waals surface area contributed by atoms with Crippen LogP contribution in [0.1, 0.15) is 21.8 Å². The van der Waals surface area contributed by atoms with Crippen molar-refractivity contribution < 1.29 is 13.9 Å². The maximum atomic E-state index is 12.1. The van der Waals surface area contributed by atoms with Crippen molar-refractivity contribution in [2.24, 2.45) is 0 Å². The number of hydrogen-bond acceptors (Lipinski definition) is 5. The predicted molar refractivity (Wildman–Crippen MR) is 89.8 cm³/mol. The van der Waals surface area contributed by atoms with Crippen molar-refractivity contribution in [3.63, 3.8) is 0 Å². The van der Waals surface area contributed by atoms with Crippen molar-refractivity contribution in [2.75, 3.05) is 6.54 Å². The van der Waals surface area contributed by atoms with E-state index >= 15 is 0 Å². The lowest BCUT2D eigenvalue weighted by Gasteiger charge is -2.24. The number of rotatable bonds is 4. The zero-order valence-electron chi connectivity index (χ0n) is 13.8. The number of fused-ring (bicyclic) bond motifs is 1. The Balaban J connectivity index is 1.41. The molecule has 1 amide bonds. The van der Waals surface area contributed by atoms with Crippen molar-refractivity contribution >= 4 is 5.91 Å². The maximum absolute atomic E-state index is 12.1. The van der Waals surface area contributed by atoms with Gasteiger partial charge in [0.25, 0.3) is 5.91 Å². The molecule has 1 N–H and O–H groups in total. The smallest absolute Gasteiger partial charge is 0.287 e. The number of furan rings is 1. The molecule has 0 radical (unpaired) electrons. The van der Waals surface area contributed by atoms with Crippen LogP contribution in [0.5, 0.6) is 0 Å². The van der Waals surface area contributed by atoms with E-state index in [2.05, 4.69) is 15.6 Å². The van der Waals surface area contributed by atoms with E-state index in [0.29, 0.717) is 25.5 Å². The molecule has 3 aromatic rings. The van der Waals surface area contributed by atoms with Gasteiger partial charge in [-0.15, -0.1) is 5.10 Å². The molecule has 1 aliphatic heterocycles. The van der Waals surface area contributed by atoms with Gasteiger partial charge in [0.1, 0.15) is 5.69 Å². The fourth-order valence-electron chi connectivity index (χ4n) is 2.90. The fraction of sp³-hybridized carbons (Fsp3) is 0.278. The second-order valence-electron chi connectivity index (χ2n) is 6.01. The van der Waals surface area contributed by atoms with Gasteiger partial charge in [0.15, 0.2) is 5.76 Å². The van der Waals surface area contributed by atoms with E-state index in [4.69, 9.17) is 9.15 Å². The van der Waals surface area contributed by atoms with Crippen LogP contribution in [-0.2, 0) is 17.9 Å². The highest BCUT2D eigenvalue weighted by atomic mass is 16.5. The Labute approximate surface area is 144 Å². The highest BCUT2D eigenvalue weighted by Crippen LogP contribution is 2.24. The first-order chi connectivity index (χ1) is 12.2. The quantitative estimate of drug-likeness (QED) is 0.788. The average molecular weight is 338 g/mol. The van der Waals surface area contributed by atoms with E-state index in [1.165, 1.54) is 6.26 Å². The third-order valence-electron chi connectivity index (χ3n) is 4.28. The molecule has 0 unspecified atom stereocenters. The van der Waals surface area contributed by atoms with Crippen molar-refractivity contribution in [1.82, 2.24) is 20.3 Å². The maximum Gasteiger partial charge on any atom is 0.287 e. The van der Waals surface area contributed by atoms with Crippen LogP contribution in [0.2, 0.25) is 0 Å². The Hall–Kier alpha value is -2.93. The molecule has 4 rings (SSSR count). The highest BCUT2D eigenvalue weighted by Gasteiger charge is 2.25. The Kier molecular flexibility index (Phi) is 4.07. The number of ether oxygens (including phenoxy) is 1. The van der Waals surface area contributed by atoms with E-state index in [0.717, 1.165) is 22.5 Å². The molecule has 0 aliphatic carbocycles. The van der Waals surface area contributed by atoms with Crippen LogP contribution in [0.4, 0.5) is 0 Å². The molecule has 25 heavy (non-hydrogen) atoms. The van der Waals surface area contributed by atoms with Crippen molar-refractivity contribution in [3.8, 4) is 11.3 Å². The summed E-state index contributed by atoms with van der Waals surface area (Å²) in [5, 5.41) is 11.4. The SMILES string of the molecule is Cc1ccoc1C(=O)NC[C@@H]1Cn2nnc(-c3ccccc3)c2CO1. The van der Waals surface area contributed by atoms with Gasteiger partial charge in [-0.1, -0.05) is 35.5 Å². The molecule has 128 valence electrons. The zero-order valence-corrected chi connectivity index (χ0v) is 13.8. The summed E-state index contributed by atoms with van der Waals surface area (Å²) in [5.41, 5.74) is 3.63. The lowest BCUT2D eigenvalue weighted by atomic mass is 10.1. The van der Waals surface area contributed by atoms with Crippen LogP contribution < -0.4 is 5.32 Å². The number of carbonyl (C=O) groups excluding carboxylic acids is 1. The first kappa shape index (κ1) is 15.6. The minimum Gasteiger partial charge on any atom is -0.459 e. The summed E-state index contributed by atoms with van der Waals surface area (Å²) in [4.78, 5) is 12.1. The number of nitrogens with zero attached hydrogens (tertiary/aromatic N) is 3. The standard InChI is InChI=1S/C18H18N4O3/c1-12-7-8-24-17(12)18(23)19-9-14-10-22-15(11-25-14)16(20-21-22)13-5-3-2-4-6-13/h2-8,14H,9-11H2,1H3,(H,19,23)/t14-/m1/s1. The molecular weight excluding hydrogens is 320 g/mol. The summed E-state index contributed by atoms with van der Waals surface area (Å²) < 4.78 is 12.9. The molecule has 1 aliphatic rings. The number of aryl methyl sites for hydroxylation is 1. The summed E-state index contributed by atoms with van der Waals surface area (Å²) in [5.74, 6) is 0.101. The molecular formula is C18H18N4O3. The van der Waals surface area contributed by atoms with Gasteiger partial charge in [-0.2, -0.15) is 0 Å². The van der Waals surface area contributed by atoms with Gasteiger partial charge in [-0.3, -0.25) is 4.79 Å². The van der Waals surface area contributed by atoms with E-state index in [-0.39, 0.29) is 12.0 Å². The average Bonchev–Trinajstić information content (AvgIpc) is 3.26. The van der Waals surface area contributed by atoms with Gasteiger partial charge in [0.05, 0.1) is 31.2 Å². The highest BCUT2D eigenvalue weighted by molar-refractivity contribution is 5.92. The van der Waals surface area contributed by atoms with Crippen LogP contribution in [0.25, 0.3) is 11.3 Å². The molecule has 0 saturated carbocycles. The largest absolute Gasteiger partial charge is 0.459 e. The molecule has 7 heteroatoms. The van der Waals surface area contributed by atoms with E-state index in [1.54, 1.807) is 6.07 Å². The minimum absolute atomic E-state index is 0.156. The molecule has 0 fully saturated rings. The van der Waals surface area contributed by atoms with Crippen molar-refractivity contribution in [2.45, 2.75) is 26.2 Å². The third-order valence-corrected chi connectivity index (χ3v) is 4.28. The number of carbonyl (C=O) groups is 1. The molecule has 7 nitrogen and oxygen atoms in total. The van der Waals surface area contributed by atoms with E-state index in [9.17, 15) is 4.79 Å². The van der Waals surface area contributed by atoms with Gasteiger partial charge < -0.3 is 14.5 Å². The molecule has 1 atom stereocenters. The number of aromatic nitrogens is 3. The Morgan fingerprint density at radius 1 is 1.32 bits per heavy atom. The van der Waals surface area contributed by atoms with E-state index < -0.39 is 0 Å². The van der Waals surface area contributed by atoms with Gasteiger partial charge in [-0.05, 0) is 13.0 Å². The summed E-state index contributed by atoms with van der Waals surface area (Å²) in [6, 6.07) is 11.7. The summed E-state index contributed by atoms with van der Waals surface area (Å²) in [6.45, 7) is 3.19. The Bertz CT molecular complexity index is 885. The fourth-order valence-corrected chi connectivity index (χ4v) is 2.90. The molecule has 3 heterocycles. The van der Waals surface area contributed by atoms with Crippen molar-refractivity contribution in [1.29, 1.82) is 0 Å². The van der Waals surface area contributed by atoms with Crippen LogP contribution in [0.3, 0.4) is 0 Å². The first-order valence-electron chi connectivity index (χ1n) is 8.14. The Morgan fingerprint density at radius 3 is 2.92 bits per heavy atom. The van der Waals surface area contributed by atoms with Gasteiger partial charge in [0, 0.05) is 17.7 Å². The minimum atomic E-state index is -0.236. The second kappa shape index (κ2) is 6.52. The monoisotopic (exact) mass is 338 g/mol.